The van der Waals surface area contributed by atoms with Crippen molar-refractivity contribution < 1.29 is 9.53 Å². The zero-order valence-corrected chi connectivity index (χ0v) is 14.4. The molecule has 1 aromatic carbocycles. The molecule has 1 unspecified atom stereocenters. The number of aromatic nitrogens is 3. The number of anilines is 1. The van der Waals surface area contributed by atoms with E-state index >= 15 is 0 Å². The molecule has 0 aliphatic rings. The Kier molecular flexibility index (Phi) is 4.94. The van der Waals surface area contributed by atoms with E-state index in [9.17, 15) is 4.79 Å². The second-order valence-corrected chi connectivity index (χ2v) is 7.07. The van der Waals surface area contributed by atoms with Gasteiger partial charge in [0.25, 0.3) is 0 Å². The summed E-state index contributed by atoms with van der Waals surface area (Å²) in [5, 5.41) is 12.9. The van der Waals surface area contributed by atoms with Crippen LogP contribution in [0.1, 0.15) is 29.5 Å². The molecule has 120 valence electrons. The Morgan fingerprint density at radius 3 is 2.91 bits per heavy atom. The van der Waals surface area contributed by atoms with E-state index in [2.05, 4.69) is 20.5 Å². The van der Waals surface area contributed by atoms with Gasteiger partial charge in [0, 0.05) is 20.0 Å². The third-order valence-corrected chi connectivity index (χ3v) is 5.39. The minimum atomic E-state index is -0.124. The van der Waals surface area contributed by atoms with E-state index in [0.717, 1.165) is 20.2 Å². The molecule has 1 N–H and O–H groups in total. The van der Waals surface area contributed by atoms with Crippen LogP contribution in [-0.2, 0) is 16.0 Å². The van der Waals surface area contributed by atoms with Crippen LogP contribution in [-0.4, -0.2) is 28.2 Å². The maximum atomic E-state index is 12.0. The summed E-state index contributed by atoms with van der Waals surface area (Å²) in [6, 6.07) is 7.98. The van der Waals surface area contributed by atoms with Crippen molar-refractivity contribution in [2.45, 2.75) is 25.9 Å². The van der Waals surface area contributed by atoms with Crippen LogP contribution in [0.2, 0.25) is 0 Å². The minimum absolute atomic E-state index is 0.0861. The van der Waals surface area contributed by atoms with E-state index in [1.807, 2.05) is 31.2 Å². The number of carbonyl (C=O) groups is 1. The monoisotopic (exact) mass is 348 g/mol. The van der Waals surface area contributed by atoms with Gasteiger partial charge in [0.2, 0.25) is 11.0 Å². The van der Waals surface area contributed by atoms with Crippen molar-refractivity contribution >= 4 is 43.9 Å². The first-order valence-electron chi connectivity index (χ1n) is 7.16. The standard InChI is InChI=1S/C15H16N4O2S2/c1-9(21-2)14-18-19-15(23-14)17-12(20)7-8-13-16-10-5-3-4-6-11(10)22-13/h3-6,9H,7-8H2,1-2H3,(H,17,19,20). The maximum absolute atomic E-state index is 12.0. The number of methoxy groups -OCH3 is 1. The molecule has 0 aliphatic heterocycles. The number of benzene rings is 1. The van der Waals surface area contributed by atoms with Crippen LogP contribution in [0.5, 0.6) is 0 Å². The summed E-state index contributed by atoms with van der Waals surface area (Å²) in [6.07, 6.45) is 0.862. The first-order valence-corrected chi connectivity index (χ1v) is 8.79. The van der Waals surface area contributed by atoms with E-state index in [0.29, 0.717) is 18.0 Å². The number of hydrogen-bond acceptors (Lipinski definition) is 7. The predicted molar refractivity (Wildman–Crippen MR) is 91.9 cm³/mol. The first-order chi connectivity index (χ1) is 11.2. The van der Waals surface area contributed by atoms with Crippen LogP contribution in [0.15, 0.2) is 24.3 Å². The van der Waals surface area contributed by atoms with Gasteiger partial charge in [-0.15, -0.1) is 21.5 Å². The summed E-state index contributed by atoms with van der Waals surface area (Å²) in [6.45, 7) is 1.89. The van der Waals surface area contributed by atoms with Crippen LogP contribution in [0.25, 0.3) is 10.2 Å². The zero-order chi connectivity index (χ0) is 16.2. The number of nitrogens with one attached hydrogen (secondary N) is 1. The quantitative estimate of drug-likeness (QED) is 0.738. The van der Waals surface area contributed by atoms with Gasteiger partial charge >= 0.3 is 0 Å². The molecule has 8 heteroatoms. The second-order valence-electron chi connectivity index (χ2n) is 4.95. The highest BCUT2D eigenvalue weighted by Crippen LogP contribution is 2.24. The molecule has 0 saturated heterocycles. The van der Waals surface area contributed by atoms with E-state index < -0.39 is 0 Å². The lowest BCUT2D eigenvalue weighted by Crippen LogP contribution is -2.12. The molecule has 2 heterocycles. The van der Waals surface area contributed by atoms with E-state index in [4.69, 9.17) is 4.74 Å². The Morgan fingerprint density at radius 1 is 1.30 bits per heavy atom. The molecule has 3 rings (SSSR count). The fraction of sp³-hybridized carbons (Fsp3) is 0.333. The highest BCUT2D eigenvalue weighted by Gasteiger charge is 2.13. The molecule has 1 amide bonds. The first kappa shape index (κ1) is 16.0. The van der Waals surface area contributed by atoms with Crippen molar-refractivity contribution in [1.29, 1.82) is 0 Å². The lowest BCUT2D eigenvalue weighted by Gasteiger charge is -2.02. The van der Waals surface area contributed by atoms with Crippen molar-refractivity contribution in [2.24, 2.45) is 0 Å². The molecule has 0 spiro atoms. The highest BCUT2D eigenvalue weighted by atomic mass is 32.1. The lowest BCUT2D eigenvalue weighted by molar-refractivity contribution is -0.116. The molecule has 23 heavy (non-hydrogen) atoms. The van der Waals surface area contributed by atoms with Gasteiger partial charge in [-0.1, -0.05) is 23.5 Å². The number of carbonyl (C=O) groups excluding carboxylic acids is 1. The molecular formula is C15H16N4O2S2. The lowest BCUT2D eigenvalue weighted by atomic mass is 10.3. The third kappa shape index (κ3) is 3.90. The van der Waals surface area contributed by atoms with Gasteiger partial charge < -0.3 is 10.1 Å². The smallest absolute Gasteiger partial charge is 0.226 e. The van der Waals surface area contributed by atoms with Crippen LogP contribution in [0.3, 0.4) is 0 Å². The van der Waals surface area contributed by atoms with Gasteiger partial charge in [0.15, 0.2) is 0 Å². The van der Waals surface area contributed by atoms with Crippen molar-refractivity contribution in [1.82, 2.24) is 15.2 Å². The number of thiazole rings is 1. The summed E-state index contributed by atoms with van der Waals surface area (Å²) >= 11 is 2.95. The molecule has 0 aliphatic carbocycles. The van der Waals surface area contributed by atoms with Crippen molar-refractivity contribution in [2.75, 3.05) is 12.4 Å². The second kappa shape index (κ2) is 7.12. The summed E-state index contributed by atoms with van der Waals surface area (Å²) in [5.74, 6) is -0.0861. The van der Waals surface area contributed by atoms with Gasteiger partial charge in [0.05, 0.1) is 15.2 Å². The molecular weight excluding hydrogens is 332 g/mol. The number of ether oxygens (including phenoxy) is 1. The Hall–Kier alpha value is -1.90. The summed E-state index contributed by atoms with van der Waals surface area (Å²) in [5.41, 5.74) is 0.982. The fourth-order valence-electron chi connectivity index (χ4n) is 1.98. The number of hydrogen-bond donors (Lipinski definition) is 1. The highest BCUT2D eigenvalue weighted by molar-refractivity contribution is 7.18. The molecule has 0 radical (unpaired) electrons. The number of para-hydroxylation sites is 1. The van der Waals surface area contributed by atoms with Gasteiger partial charge in [-0.3, -0.25) is 4.79 Å². The van der Waals surface area contributed by atoms with Crippen LogP contribution in [0.4, 0.5) is 5.13 Å². The average molecular weight is 348 g/mol. The molecule has 0 bridgehead atoms. The van der Waals surface area contributed by atoms with Crippen LogP contribution in [0, 0.1) is 0 Å². The third-order valence-electron chi connectivity index (χ3n) is 3.29. The van der Waals surface area contributed by atoms with Crippen molar-refractivity contribution in [3.05, 3.63) is 34.3 Å². The molecule has 0 fully saturated rings. The van der Waals surface area contributed by atoms with E-state index in [-0.39, 0.29) is 12.0 Å². The fourth-order valence-corrected chi connectivity index (χ4v) is 3.73. The number of fused-ring (bicyclic) bond motifs is 1. The summed E-state index contributed by atoms with van der Waals surface area (Å²) < 4.78 is 6.32. The topological polar surface area (TPSA) is 77.0 Å². The molecule has 1 atom stereocenters. The Bertz CT molecular complexity index is 782. The van der Waals surface area contributed by atoms with E-state index in [1.165, 1.54) is 11.3 Å². The van der Waals surface area contributed by atoms with Crippen molar-refractivity contribution in [3.63, 3.8) is 0 Å². The van der Waals surface area contributed by atoms with Crippen LogP contribution < -0.4 is 5.32 Å². The summed E-state index contributed by atoms with van der Waals surface area (Å²) in [4.78, 5) is 16.5. The number of amides is 1. The zero-order valence-electron chi connectivity index (χ0n) is 12.8. The Labute approximate surface area is 141 Å². The average Bonchev–Trinajstić information content (AvgIpc) is 3.18. The molecule has 2 aromatic heterocycles. The van der Waals surface area contributed by atoms with Crippen molar-refractivity contribution in [3.8, 4) is 0 Å². The number of rotatable bonds is 6. The van der Waals surface area contributed by atoms with Crippen LogP contribution >= 0.6 is 22.7 Å². The Balaban J connectivity index is 1.56. The van der Waals surface area contributed by atoms with Gasteiger partial charge in [-0.05, 0) is 19.1 Å². The summed E-state index contributed by atoms with van der Waals surface area (Å²) in [7, 11) is 1.61. The van der Waals surface area contributed by atoms with Gasteiger partial charge in [-0.25, -0.2) is 4.98 Å². The largest absolute Gasteiger partial charge is 0.374 e. The van der Waals surface area contributed by atoms with Gasteiger partial charge in [0.1, 0.15) is 11.1 Å². The molecule has 0 saturated carbocycles. The SMILES string of the molecule is COC(C)c1nnc(NC(=O)CCc2nc3ccccc3s2)s1. The number of nitrogens with zero attached hydrogens (tertiary/aromatic N) is 3. The van der Waals surface area contributed by atoms with Gasteiger partial charge in [-0.2, -0.15) is 0 Å². The Morgan fingerprint density at radius 2 is 2.13 bits per heavy atom. The predicted octanol–water partition coefficient (Wildman–Crippen LogP) is 3.43. The minimum Gasteiger partial charge on any atom is -0.374 e. The normalized spacial score (nSPS) is 12.4. The van der Waals surface area contributed by atoms with E-state index in [1.54, 1.807) is 18.4 Å². The molecule has 3 aromatic rings. The maximum Gasteiger partial charge on any atom is 0.226 e. The number of aryl methyl sites for hydroxylation is 1. The molecule has 6 nitrogen and oxygen atoms in total.